The molecule has 7 nitrogen and oxygen atoms in total. The maximum Gasteiger partial charge on any atom is 0.268 e. The molecule has 0 bridgehead atoms. The average Bonchev–Trinajstić information content (AvgIpc) is 3.15. The van der Waals surface area contributed by atoms with Gasteiger partial charge in [-0.1, -0.05) is 31.4 Å². The molecule has 27 heavy (non-hydrogen) atoms. The van der Waals surface area contributed by atoms with Crippen molar-refractivity contribution in [3.05, 3.63) is 36.5 Å². The van der Waals surface area contributed by atoms with Crippen molar-refractivity contribution in [2.45, 2.75) is 51.2 Å². The number of nitrogens with zero attached hydrogens (tertiary/aromatic N) is 3. The zero-order valence-electron chi connectivity index (χ0n) is 15.4. The summed E-state index contributed by atoms with van der Waals surface area (Å²) in [5.41, 5.74) is 0.696. The third kappa shape index (κ3) is 3.54. The molecule has 1 atom stereocenters. The van der Waals surface area contributed by atoms with Crippen molar-refractivity contribution in [2.24, 2.45) is 0 Å². The van der Waals surface area contributed by atoms with Crippen LogP contribution in [0.5, 0.6) is 5.75 Å². The molecule has 142 valence electrons. The Hall–Kier alpha value is -2.83. The number of ether oxygens (including phenoxy) is 1. The van der Waals surface area contributed by atoms with E-state index in [9.17, 15) is 9.59 Å². The molecular formula is C20H24N4O3. The summed E-state index contributed by atoms with van der Waals surface area (Å²) in [6, 6.07) is 9.41. The number of para-hydroxylation sites is 2. The number of rotatable bonds is 3. The first-order chi connectivity index (χ1) is 13.1. The molecule has 1 N–H and O–H groups in total. The van der Waals surface area contributed by atoms with Gasteiger partial charge in [-0.25, -0.2) is 4.68 Å². The first-order valence-corrected chi connectivity index (χ1v) is 9.51. The Balaban J connectivity index is 1.51. The number of aromatic nitrogens is 2. The number of fused-ring (bicyclic) bond motifs is 1. The van der Waals surface area contributed by atoms with Crippen molar-refractivity contribution < 1.29 is 14.3 Å². The molecule has 1 aromatic heterocycles. The summed E-state index contributed by atoms with van der Waals surface area (Å²) in [5, 5.41) is 7.36. The predicted octanol–water partition coefficient (Wildman–Crippen LogP) is 3.14. The molecule has 0 spiro atoms. The van der Waals surface area contributed by atoms with Gasteiger partial charge < -0.3 is 15.0 Å². The van der Waals surface area contributed by atoms with E-state index in [4.69, 9.17) is 4.74 Å². The van der Waals surface area contributed by atoms with Gasteiger partial charge in [-0.3, -0.25) is 9.59 Å². The largest absolute Gasteiger partial charge is 0.476 e. The number of nitrogens with one attached hydrogen (secondary N) is 1. The Morgan fingerprint density at radius 2 is 1.93 bits per heavy atom. The van der Waals surface area contributed by atoms with Crippen LogP contribution >= 0.6 is 0 Å². The summed E-state index contributed by atoms with van der Waals surface area (Å²) in [6.45, 7) is 1.69. The van der Waals surface area contributed by atoms with Crippen LogP contribution in [0.15, 0.2) is 36.5 Å². The van der Waals surface area contributed by atoms with Crippen molar-refractivity contribution in [2.75, 3.05) is 16.8 Å². The molecule has 0 radical (unpaired) electrons. The van der Waals surface area contributed by atoms with E-state index in [0.29, 0.717) is 23.3 Å². The van der Waals surface area contributed by atoms with Crippen LogP contribution in [0.1, 0.15) is 45.1 Å². The summed E-state index contributed by atoms with van der Waals surface area (Å²) in [6.07, 6.45) is 6.74. The van der Waals surface area contributed by atoms with E-state index in [1.165, 1.54) is 26.2 Å². The maximum atomic E-state index is 12.9. The van der Waals surface area contributed by atoms with Crippen LogP contribution in [0.4, 0.5) is 11.5 Å². The Kier molecular flexibility index (Phi) is 4.83. The maximum absolute atomic E-state index is 12.9. The minimum absolute atomic E-state index is 0.115. The molecule has 0 saturated heterocycles. The number of carbonyl (C=O) groups excluding carboxylic acids is 2. The number of benzene rings is 1. The molecule has 1 fully saturated rings. The molecule has 7 heteroatoms. The third-order valence-electron chi connectivity index (χ3n) is 5.29. The molecule has 1 saturated carbocycles. The lowest BCUT2D eigenvalue weighted by Gasteiger charge is -2.33. The van der Waals surface area contributed by atoms with Crippen LogP contribution in [-0.2, 0) is 9.59 Å². The van der Waals surface area contributed by atoms with Crippen molar-refractivity contribution in [3.8, 4) is 5.75 Å². The van der Waals surface area contributed by atoms with E-state index in [1.807, 2.05) is 28.9 Å². The van der Waals surface area contributed by atoms with Crippen LogP contribution in [0.25, 0.3) is 0 Å². The zero-order valence-corrected chi connectivity index (χ0v) is 15.4. The quantitative estimate of drug-likeness (QED) is 0.903. The summed E-state index contributed by atoms with van der Waals surface area (Å²) in [4.78, 5) is 26.5. The van der Waals surface area contributed by atoms with Crippen LogP contribution in [-0.4, -0.2) is 34.2 Å². The average molecular weight is 368 g/mol. The van der Waals surface area contributed by atoms with Crippen LogP contribution in [0.3, 0.4) is 0 Å². The van der Waals surface area contributed by atoms with Crippen molar-refractivity contribution in [1.29, 1.82) is 0 Å². The molecule has 0 unspecified atom stereocenters. The van der Waals surface area contributed by atoms with Crippen LogP contribution < -0.4 is 15.0 Å². The second-order valence-corrected chi connectivity index (χ2v) is 7.15. The molecule has 1 aliphatic carbocycles. The lowest BCUT2D eigenvalue weighted by Crippen LogP contribution is -2.48. The van der Waals surface area contributed by atoms with Gasteiger partial charge in [0.25, 0.3) is 5.91 Å². The number of anilines is 2. The predicted molar refractivity (Wildman–Crippen MR) is 102 cm³/mol. The summed E-state index contributed by atoms with van der Waals surface area (Å²) in [7, 11) is 0. The first kappa shape index (κ1) is 17.6. The molecule has 2 heterocycles. The highest BCUT2D eigenvalue weighted by Crippen LogP contribution is 2.34. The van der Waals surface area contributed by atoms with E-state index >= 15 is 0 Å². The molecule has 2 aromatic rings. The Morgan fingerprint density at radius 3 is 2.70 bits per heavy atom. The van der Waals surface area contributed by atoms with Gasteiger partial charge in [0.15, 0.2) is 6.10 Å². The van der Waals surface area contributed by atoms with Gasteiger partial charge in [0.05, 0.1) is 24.5 Å². The Labute approximate surface area is 158 Å². The van der Waals surface area contributed by atoms with Gasteiger partial charge in [0.2, 0.25) is 5.91 Å². The second kappa shape index (κ2) is 7.42. The fourth-order valence-electron chi connectivity index (χ4n) is 3.91. The highest BCUT2D eigenvalue weighted by Gasteiger charge is 2.33. The summed E-state index contributed by atoms with van der Waals surface area (Å²) >= 11 is 0. The van der Waals surface area contributed by atoms with Gasteiger partial charge in [0.1, 0.15) is 11.6 Å². The smallest absolute Gasteiger partial charge is 0.268 e. The van der Waals surface area contributed by atoms with E-state index in [1.54, 1.807) is 17.2 Å². The summed E-state index contributed by atoms with van der Waals surface area (Å²) < 4.78 is 7.79. The van der Waals surface area contributed by atoms with Crippen molar-refractivity contribution in [3.63, 3.8) is 0 Å². The minimum atomic E-state index is -0.765. The fraction of sp³-hybridized carbons (Fsp3) is 0.450. The molecule has 1 aliphatic heterocycles. The normalized spacial score (nSPS) is 19.9. The number of hydrogen-bond acceptors (Lipinski definition) is 4. The highest BCUT2D eigenvalue weighted by molar-refractivity contribution is 5.99. The Bertz CT molecular complexity index is 841. The lowest BCUT2D eigenvalue weighted by molar-refractivity contribution is -0.123. The number of hydrogen-bond donors (Lipinski definition) is 1. The zero-order chi connectivity index (χ0) is 18.8. The SMILES string of the molecule is CC(=O)N1C[C@@H](C(=O)Nc2ccnn2C2CCCCC2)Oc2ccccc21. The molecule has 2 amide bonds. The second-order valence-electron chi connectivity index (χ2n) is 7.15. The highest BCUT2D eigenvalue weighted by atomic mass is 16.5. The van der Waals surface area contributed by atoms with E-state index in [-0.39, 0.29) is 18.4 Å². The molecule has 4 rings (SSSR count). The fourth-order valence-corrected chi connectivity index (χ4v) is 3.91. The van der Waals surface area contributed by atoms with E-state index < -0.39 is 6.10 Å². The van der Waals surface area contributed by atoms with Crippen molar-refractivity contribution >= 4 is 23.3 Å². The van der Waals surface area contributed by atoms with Gasteiger partial charge >= 0.3 is 0 Å². The first-order valence-electron chi connectivity index (χ1n) is 9.51. The molecular weight excluding hydrogens is 344 g/mol. The number of amides is 2. The van der Waals surface area contributed by atoms with Crippen molar-refractivity contribution in [1.82, 2.24) is 9.78 Å². The third-order valence-corrected chi connectivity index (χ3v) is 5.29. The van der Waals surface area contributed by atoms with Gasteiger partial charge in [0, 0.05) is 13.0 Å². The summed E-state index contributed by atoms with van der Waals surface area (Å²) in [5.74, 6) is 0.840. The van der Waals surface area contributed by atoms with Gasteiger partial charge in [-0.2, -0.15) is 5.10 Å². The Morgan fingerprint density at radius 1 is 1.15 bits per heavy atom. The molecule has 2 aliphatic rings. The number of carbonyl (C=O) groups is 2. The topological polar surface area (TPSA) is 76.5 Å². The van der Waals surface area contributed by atoms with Crippen LogP contribution in [0, 0.1) is 0 Å². The molecule has 1 aromatic carbocycles. The van der Waals surface area contributed by atoms with E-state index in [2.05, 4.69) is 10.4 Å². The van der Waals surface area contributed by atoms with E-state index in [0.717, 1.165) is 12.8 Å². The standard InChI is InChI=1S/C20H24N4O3/c1-14(25)23-13-18(27-17-10-6-5-9-16(17)23)20(26)22-19-11-12-21-24(19)15-7-3-2-4-8-15/h5-6,9-12,15,18H,2-4,7-8,13H2,1H3,(H,22,26)/t18-/m0/s1. The van der Waals surface area contributed by atoms with Crippen LogP contribution in [0.2, 0.25) is 0 Å². The monoisotopic (exact) mass is 368 g/mol. The lowest BCUT2D eigenvalue weighted by atomic mass is 9.96. The van der Waals surface area contributed by atoms with Gasteiger partial charge in [-0.05, 0) is 25.0 Å². The minimum Gasteiger partial charge on any atom is -0.476 e. The van der Waals surface area contributed by atoms with Gasteiger partial charge in [-0.15, -0.1) is 0 Å².